The van der Waals surface area contributed by atoms with Crippen molar-refractivity contribution in [2.45, 2.75) is 56.9 Å². The van der Waals surface area contributed by atoms with Crippen LogP contribution in [0.4, 0.5) is 8.78 Å². The van der Waals surface area contributed by atoms with Crippen LogP contribution in [0.2, 0.25) is 0 Å². The van der Waals surface area contributed by atoms with Crippen LogP contribution < -0.4 is 5.73 Å². The van der Waals surface area contributed by atoms with Gasteiger partial charge in [0.15, 0.2) is 0 Å². The van der Waals surface area contributed by atoms with Crippen LogP contribution in [0, 0.1) is 5.41 Å². The summed E-state index contributed by atoms with van der Waals surface area (Å²) in [6.45, 7) is 2.07. The third kappa shape index (κ3) is 1.13. The number of rotatable bonds is 2. The second-order valence-corrected chi connectivity index (χ2v) is 4.85. The van der Waals surface area contributed by atoms with Crippen molar-refractivity contribution in [1.82, 2.24) is 0 Å². The molecule has 0 unspecified atom stereocenters. The van der Waals surface area contributed by atoms with Crippen molar-refractivity contribution in [1.29, 1.82) is 0 Å². The van der Waals surface area contributed by atoms with E-state index >= 15 is 0 Å². The number of halogens is 2. The third-order valence-corrected chi connectivity index (χ3v) is 4.19. The van der Waals surface area contributed by atoms with Crippen molar-refractivity contribution < 1.29 is 8.78 Å². The monoisotopic (exact) mass is 189 g/mol. The summed E-state index contributed by atoms with van der Waals surface area (Å²) in [4.78, 5) is 0. The predicted octanol–water partition coefficient (Wildman–Crippen LogP) is 2.69. The molecule has 0 atom stereocenters. The van der Waals surface area contributed by atoms with Crippen molar-refractivity contribution in [2.75, 3.05) is 0 Å². The molecule has 2 rings (SSSR count). The van der Waals surface area contributed by atoms with Crippen LogP contribution >= 0.6 is 0 Å². The van der Waals surface area contributed by atoms with Crippen LogP contribution in [0.25, 0.3) is 0 Å². The molecule has 2 saturated carbocycles. The highest BCUT2D eigenvalue weighted by Gasteiger charge is 2.64. The van der Waals surface area contributed by atoms with Gasteiger partial charge in [0.2, 0.25) is 0 Å². The van der Waals surface area contributed by atoms with Gasteiger partial charge in [0.05, 0.1) is 0 Å². The lowest BCUT2D eigenvalue weighted by atomic mass is 9.49. The van der Waals surface area contributed by atoms with Gasteiger partial charge in [-0.2, -0.15) is 0 Å². The van der Waals surface area contributed by atoms with Gasteiger partial charge in [-0.3, -0.25) is 0 Å². The average molecular weight is 189 g/mol. The average Bonchev–Trinajstić information content (AvgIpc) is 1.79. The van der Waals surface area contributed by atoms with Gasteiger partial charge in [0, 0.05) is 18.4 Å². The summed E-state index contributed by atoms with van der Waals surface area (Å²) in [5.74, 6) is -2.48. The van der Waals surface area contributed by atoms with E-state index in [1.165, 1.54) is 6.42 Å². The van der Waals surface area contributed by atoms with Gasteiger partial charge in [-0.1, -0.05) is 13.3 Å². The van der Waals surface area contributed by atoms with E-state index in [4.69, 9.17) is 5.73 Å². The summed E-state index contributed by atoms with van der Waals surface area (Å²) in [6.07, 6.45) is 4.05. The first-order valence-corrected chi connectivity index (χ1v) is 5.10. The molecule has 13 heavy (non-hydrogen) atoms. The van der Waals surface area contributed by atoms with E-state index in [0.29, 0.717) is 0 Å². The molecular weight excluding hydrogens is 172 g/mol. The topological polar surface area (TPSA) is 26.0 Å². The Kier molecular flexibility index (Phi) is 1.76. The minimum atomic E-state index is -2.48. The van der Waals surface area contributed by atoms with Gasteiger partial charge < -0.3 is 5.73 Å². The molecule has 0 aromatic rings. The van der Waals surface area contributed by atoms with Crippen LogP contribution in [0.1, 0.15) is 45.4 Å². The minimum absolute atomic E-state index is 0.0503. The summed E-state index contributed by atoms with van der Waals surface area (Å²) >= 11 is 0. The Morgan fingerprint density at radius 3 is 2.00 bits per heavy atom. The SMILES string of the molecule is CCC1(C2(N)CC(F)(F)C2)CCC1. The Morgan fingerprint density at radius 1 is 1.23 bits per heavy atom. The maximum atomic E-state index is 12.8. The summed E-state index contributed by atoms with van der Waals surface area (Å²) < 4.78 is 25.6. The van der Waals surface area contributed by atoms with Crippen molar-refractivity contribution in [3.63, 3.8) is 0 Å². The second kappa shape index (κ2) is 2.44. The third-order valence-electron chi connectivity index (χ3n) is 4.19. The lowest BCUT2D eigenvalue weighted by Crippen LogP contribution is -2.69. The van der Waals surface area contributed by atoms with E-state index < -0.39 is 11.5 Å². The zero-order valence-electron chi connectivity index (χ0n) is 8.08. The molecule has 0 bridgehead atoms. The van der Waals surface area contributed by atoms with E-state index in [0.717, 1.165) is 19.3 Å². The molecule has 0 radical (unpaired) electrons. The van der Waals surface area contributed by atoms with Crippen LogP contribution in [0.5, 0.6) is 0 Å². The van der Waals surface area contributed by atoms with Crippen LogP contribution in [-0.4, -0.2) is 11.5 Å². The molecule has 3 heteroatoms. The fourth-order valence-corrected chi connectivity index (χ4v) is 3.05. The molecule has 0 amide bonds. The first-order valence-electron chi connectivity index (χ1n) is 5.10. The second-order valence-electron chi connectivity index (χ2n) is 4.85. The van der Waals surface area contributed by atoms with Crippen molar-refractivity contribution in [2.24, 2.45) is 11.1 Å². The van der Waals surface area contributed by atoms with Gasteiger partial charge in [0.25, 0.3) is 5.92 Å². The molecule has 0 saturated heterocycles. The molecule has 2 aliphatic carbocycles. The van der Waals surface area contributed by atoms with E-state index in [1.54, 1.807) is 0 Å². The quantitative estimate of drug-likeness (QED) is 0.710. The molecule has 0 aliphatic heterocycles. The lowest BCUT2D eigenvalue weighted by molar-refractivity contribution is -0.181. The first-order chi connectivity index (χ1) is 5.93. The van der Waals surface area contributed by atoms with Gasteiger partial charge >= 0.3 is 0 Å². The van der Waals surface area contributed by atoms with Gasteiger partial charge in [0.1, 0.15) is 0 Å². The molecular formula is C10H17F2N. The van der Waals surface area contributed by atoms with Gasteiger partial charge in [-0.25, -0.2) is 8.78 Å². The van der Waals surface area contributed by atoms with Gasteiger partial charge in [-0.05, 0) is 24.7 Å². The number of hydrogen-bond acceptors (Lipinski definition) is 1. The lowest BCUT2D eigenvalue weighted by Gasteiger charge is -2.61. The number of nitrogens with two attached hydrogens (primary N) is 1. The zero-order valence-corrected chi connectivity index (χ0v) is 8.08. The highest BCUT2D eigenvalue weighted by atomic mass is 19.3. The summed E-state index contributed by atoms with van der Waals surface area (Å²) in [7, 11) is 0. The number of hydrogen-bond donors (Lipinski definition) is 1. The summed E-state index contributed by atoms with van der Waals surface area (Å²) in [6, 6.07) is 0. The molecule has 2 N–H and O–H groups in total. The Morgan fingerprint density at radius 2 is 1.77 bits per heavy atom. The summed E-state index contributed by atoms with van der Waals surface area (Å²) in [5.41, 5.74) is 5.55. The molecule has 0 spiro atoms. The molecule has 0 aromatic heterocycles. The standard InChI is InChI=1S/C10H17F2N/c1-2-8(4-3-5-8)9(13)6-10(11,12)7-9/h2-7,13H2,1H3. The zero-order chi connectivity index (χ0) is 9.74. The minimum Gasteiger partial charge on any atom is -0.324 e. The Hall–Kier alpha value is -0.180. The highest BCUT2D eigenvalue weighted by molar-refractivity contribution is 5.15. The fraction of sp³-hybridized carbons (Fsp3) is 1.00. The van der Waals surface area contributed by atoms with E-state index in [9.17, 15) is 8.78 Å². The van der Waals surface area contributed by atoms with Crippen molar-refractivity contribution in [3.05, 3.63) is 0 Å². The summed E-state index contributed by atoms with van der Waals surface area (Å²) in [5, 5.41) is 0. The molecule has 2 fully saturated rings. The molecule has 1 nitrogen and oxygen atoms in total. The van der Waals surface area contributed by atoms with Crippen molar-refractivity contribution in [3.8, 4) is 0 Å². The van der Waals surface area contributed by atoms with E-state index in [1.807, 2.05) is 0 Å². The highest BCUT2D eigenvalue weighted by Crippen LogP contribution is 2.61. The molecule has 2 aliphatic rings. The van der Waals surface area contributed by atoms with Crippen LogP contribution in [-0.2, 0) is 0 Å². The number of alkyl halides is 2. The van der Waals surface area contributed by atoms with Gasteiger partial charge in [-0.15, -0.1) is 0 Å². The maximum absolute atomic E-state index is 12.8. The smallest absolute Gasteiger partial charge is 0.251 e. The Labute approximate surface area is 77.7 Å². The van der Waals surface area contributed by atoms with Crippen LogP contribution in [0.3, 0.4) is 0 Å². The largest absolute Gasteiger partial charge is 0.324 e. The Balaban J connectivity index is 2.08. The first kappa shape index (κ1) is 9.38. The molecule has 0 heterocycles. The van der Waals surface area contributed by atoms with Crippen molar-refractivity contribution >= 4 is 0 Å². The molecule has 0 aromatic carbocycles. The molecule has 76 valence electrons. The Bertz CT molecular complexity index is 207. The van der Waals surface area contributed by atoms with Crippen LogP contribution in [0.15, 0.2) is 0 Å². The maximum Gasteiger partial charge on any atom is 0.251 e. The normalized spacial score (nSPS) is 33.2. The fourth-order valence-electron chi connectivity index (χ4n) is 3.05. The van der Waals surface area contributed by atoms with E-state index in [-0.39, 0.29) is 18.3 Å². The van der Waals surface area contributed by atoms with E-state index in [2.05, 4.69) is 6.92 Å². The predicted molar refractivity (Wildman–Crippen MR) is 47.7 cm³/mol.